The summed E-state index contributed by atoms with van der Waals surface area (Å²) in [7, 11) is 0. The summed E-state index contributed by atoms with van der Waals surface area (Å²) in [6.07, 6.45) is 7.69. The Morgan fingerprint density at radius 3 is 3.16 bits per heavy atom. The van der Waals surface area contributed by atoms with Gasteiger partial charge in [0.1, 0.15) is 11.8 Å². The van der Waals surface area contributed by atoms with Crippen molar-refractivity contribution in [1.29, 1.82) is 5.26 Å². The normalized spacial score (nSPS) is 15.9. The van der Waals surface area contributed by atoms with Crippen LogP contribution in [0, 0.1) is 18.3 Å². The number of allylic oxidation sites excluding steroid dienone is 1. The monoisotopic (exact) mass is 431 g/mol. The molecule has 0 bridgehead atoms. The number of anilines is 2. The second-order valence-electron chi connectivity index (χ2n) is 7.65. The minimum Gasteiger partial charge on any atom is -0.406 e. The Balaban J connectivity index is 1.57. The lowest BCUT2D eigenvalue weighted by Crippen LogP contribution is -2.46. The number of ether oxygens (including phenoxy) is 2. The van der Waals surface area contributed by atoms with Gasteiger partial charge in [-0.2, -0.15) is 5.26 Å². The second kappa shape index (κ2) is 9.54. The van der Waals surface area contributed by atoms with Gasteiger partial charge in [0.15, 0.2) is 5.75 Å². The van der Waals surface area contributed by atoms with E-state index in [9.17, 15) is 10.1 Å². The fourth-order valence-corrected chi connectivity index (χ4v) is 3.81. The molecule has 0 saturated carbocycles. The number of hydrogen-bond acceptors (Lipinski definition) is 6. The number of carbonyl (C=O) groups is 1. The number of aryl methyl sites for hydroxylation is 1. The first kappa shape index (κ1) is 21.4. The molecule has 3 aromatic rings. The zero-order valence-electron chi connectivity index (χ0n) is 17.9. The van der Waals surface area contributed by atoms with Gasteiger partial charge in [0.2, 0.25) is 0 Å². The van der Waals surface area contributed by atoms with E-state index in [1.807, 2.05) is 37.4 Å². The molecule has 1 fully saturated rings. The van der Waals surface area contributed by atoms with Crippen LogP contribution in [0.25, 0.3) is 10.9 Å². The topological polar surface area (TPSA) is 103 Å². The fourth-order valence-electron chi connectivity index (χ4n) is 3.81. The van der Waals surface area contributed by atoms with Crippen LogP contribution in [0.2, 0.25) is 0 Å². The molecule has 164 valence electrons. The number of amides is 1. The highest BCUT2D eigenvalue weighted by Gasteiger charge is 2.26. The highest BCUT2D eigenvalue weighted by atomic mass is 16.6. The van der Waals surface area contributed by atoms with Gasteiger partial charge in [-0.1, -0.05) is 6.08 Å². The number of aromatic amines is 1. The molecule has 8 nitrogen and oxygen atoms in total. The van der Waals surface area contributed by atoms with Gasteiger partial charge in [-0.25, -0.2) is 4.79 Å². The van der Waals surface area contributed by atoms with Crippen molar-refractivity contribution < 1.29 is 14.3 Å². The summed E-state index contributed by atoms with van der Waals surface area (Å²) >= 11 is 0. The molecule has 2 aromatic heterocycles. The summed E-state index contributed by atoms with van der Waals surface area (Å²) in [5, 5.41) is 14.0. The third kappa shape index (κ3) is 4.43. The first-order valence-electron chi connectivity index (χ1n) is 10.5. The number of pyridine rings is 1. The predicted molar refractivity (Wildman–Crippen MR) is 122 cm³/mol. The molecule has 8 heteroatoms. The number of fused-ring (bicyclic) bond motifs is 1. The van der Waals surface area contributed by atoms with E-state index in [-0.39, 0.29) is 17.4 Å². The molecular formula is C24H25N5O3. The van der Waals surface area contributed by atoms with Crippen molar-refractivity contribution in [3.63, 3.8) is 0 Å². The van der Waals surface area contributed by atoms with Crippen molar-refractivity contribution >= 4 is 28.4 Å². The van der Waals surface area contributed by atoms with Crippen LogP contribution >= 0.6 is 0 Å². The Morgan fingerprint density at radius 1 is 1.47 bits per heavy atom. The van der Waals surface area contributed by atoms with Crippen LogP contribution in [0.15, 0.2) is 49.4 Å². The van der Waals surface area contributed by atoms with Crippen LogP contribution in [0.4, 0.5) is 16.2 Å². The van der Waals surface area contributed by atoms with Gasteiger partial charge in [0.05, 0.1) is 31.0 Å². The van der Waals surface area contributed by atoms with E-state index in [4.69, 9.17) is 9.47 Å². The lowest BCUT2D eigenvalue weighted by atomic mass is 10.1. The first-order valence-corrected chi connectivity index (χ1v) is 10.5. The highest BCUT2D eigenvalue weighted by Crippen LogP contribution is 2.34. The van der Waals surface area contributed by atoms with Gasteiger partial charge < -0.3 is 24.7 Å². The zero-order valence-corrected chi connectivity index (χ0v) is 17.9. The molecule has 1 unspecified atom stereocenters. The number of aromatic nitrogens is 2. The van der Waals surface area contributed by atoms with Gasteiger partial charge in [0, 0.05) is 35.5 Å². The largest absolute Gasteiger partial charge is 0.415 e. The quantitative estimate of drug-likeness (QED) is 0.551. The molecule has 1 amide bonds. The van der Waals surface area contributed by atoms with Crippen LogP contribution < -0.4 is 10.1 Å². The van der Waals surface area contributed by atoms with E-state index in [0.29, 0.717) is 25.4 Å². The second-order valence-corrected chi connectivity index (χ2v) is 7.65. The van der Waals surface area contributed by atoms with Gasteiger partial charge in [-0.3, -0.25) is 4.98 Å². The predicted octanol–water partition coefficient (Wildman–Crippen LogP) is 4.65. The van der Waals surface area contributed by atoms with E-state index in [1.54, 1.807) is 4.90 Å². The molecule has 1 aromatic carbocycles. The summed E-state index contributed by atoms with van der Waals surface area (Å²) in [6.45, 7) is 7.07. The van der Waals surface area contributed by atoms with Crippen LogP contribution in [0.5, 0.6) is 5.75 Å². The van der Waals surface area contributed by atoms with Crippen molar-refractivity contribution in [2.45, 2.75) is 25.9 Å². The average molecular weight is 431 g/mol. The molecule has 1 atom stereocenters. The lowest BCUT2D eigenvalue weighted by Gasteiger charge is -2.32. The van der Waals surface area contributed by atoms with Crippen LogP contribution in [0.3, 0.4) is 0 Å². The Hall–Kier alpha value is -3.83. The number of H-pyrrole nitrogens is 1. The molecule has 3 heterocycles. The molecule has 4 rings (SSSR count). The number of hydrogen-bond donors (Lipinski definition) is 2. The molecular weight excluding hydrogens is 406 g/mol. The molecule has 0 radical (unpaired) electrons. The molecule has 1 aliphatic heterocycles. The Kier molecular flexibility index (Phi) is 6.38. The number of carbonyl (C=O) groups excluding carboxylic acids is 1. The standard InChI is InChI=1S/C24H25N5O3/c1-3-4-5-18-15-29(10-11-31-18)24(30)32-22-14-26-13-17(12-25)23(22)28-20-6-7-21-19(16(20)2)8-9-27-21/h3,6-9,13-14,18,27H,1,4-5,10-11,15H2,2H3,(H,26,28). The summed E-state index contributed by atoms with van der Waals surface area (Å²) < 4.78 is 11.4. The maximum absolute atomic E-state index is 12.9. The summed E-state index contributed by atoms with van der Waals surface area (Å²) in [4.78, 5) is 21.8. The van der Waals surface area contributed by atoms with E-state index in [2.05, 4.69) is 27.9 Å². The minimum absolute atomic E-state index is 0.0498. The third-order valence-electron chi connectivity index (χ3n) is 5.58. The molecule has 1 saturated heterocycles. The van der Waals surface area contributed by atoms with Crippen molar-refractivity contribution in [2.24, 2.45) is 0 Å². The molecule has 32 heavy (non-hydrogen) atoms. The van der Waals surface area contributed by atoms with E-state index in [1.165, 1.54) is 12.4 Å². The zero-order chi connectivity index (χ0) is 22.5. The molecule has 0 aliphatic carbocycles. The van der Waals surface area contributed by atoms with Crippen LogP contribution in [0.1, 0.15) is 24.0 Å². The fraction of sp³-hybridized carbons (Fsp3) is 0.292. The smallest absolute Gasteiger partial charge is 0.406 e. The number of morpholine rings is 1. The van der Waals surface area contributed by atoms with E-state index in [0.717, 1.165) is 35.0 Å². The van der Waals surface area contributed by atoms with Crippen molar-refractivity contribution in [3.8, 4) is 11.8 Å². The SMILES string of the molecule is C=CCCC1CN(C(=O)Oc2cncc(C#N)c2Nc2ccc3[nH]ccc3c2C)CCO1. The molecule has 0 spiro atoms. The maximum atomic E-state index is 12.9. The lowest BCUT2D eigenvalue weighted by molar-refractivity contribution is -0.0234. The number of benzene rings is 1. The molecule has 1 aliphatic rings. The van der Waals surface area contributed by atoms with Crippen molar-refractivity contribution in [2.75, 3.05) is 25.0 Å². The van der Waals surface area contributed by atoms with Gasteiger partial charge in [-0.15, -0.1) is 6.58 Å². The Labute approximate surface area is 186 Å². The first-order chi connectivity index (χ1) is 15.6. The van der Waals surface area contributed by atoms with E-state index < -0.39 is 6.09 Å². The van der Waals surface area contributed by atoms with Crippen molar-refractivity contribution in [1.82, 2.24) is 14.9 Å². The van der Waals surface area contributed by atoms with Crippen LogP contribution in [-0.4, -0.2) is 46.8 Å². The van der Waals surface area contributed by atoms with Crippen LogP contribution in [-0.2, 0) is 4.74 Å². The number of rotatable bonds is 6. The average Bonchev–Trinajstić information content (AvgIpc) is 3.30. The summed E-state index contributed by atoms with van der Waals surface area (Å²) in [5.74, 6) is 0.205. The van der Waals surface area contributed by atoms with Gasteiger partial charge in [0.25, 0.3) is 0 Å². The van der Waals surface area contributed by atoms with Gasteiger partial charge in [-0.05, 0) is 43.5 Å². The van der Waals surface area contributed by atoms with Crippen molar-refractivity contribution in [3.05, 3.63) is 60.6 Å². The molecule has 2 N–H and O–H groups in total. The minimum atomic E-state index is -0.491. The number of nitrogens with zero attached hydrogens (tertiary/aromatic N) is 3. The Morgan fingerprint density at radius 2 is 2.34 bits per heavy atom. The maximum Gasteiger partial charge on any atom is 0.415 e. The van der Waals surface area contributed by atoms with Gasteiger partial charge >= 0.3 is 6.09 Å². The van der Waals surface area contributed by atoms with E-state index >= 15 is 0 Å². The summed E-state index contributed by atoms with van der Waals surface area (Å²) in [5.41, 5.74) is 3.54. The number of nitriles is 1. The third-order valence-corrected chi connectivity index (χ3v) is 5.58. The summed E-state index contributed by atoms with van der Waals surface area (Å²) in [6, 6.07) is 8.00. The number of nitrogens with one attached hydrogen (secondary N) is 2. The Bertz CT molecular complexity index is 1180. The highest BCUT2D eigenvalue weighted by molar-refractivity contribution is 5.89.